The molecule has 1 aromatic carbocycles. The molecule has 4 rings (SSSR count). The lowest BCUT2D eigenvalue weighted by atomic mass is 10.1. The van der Waals surface area contributed by atoms with Gasteiger partial charge in [0, 0.05) is 29.7 Å². The van der Waals surface area contributed by atoms with Crippen LogP contribution in [0.25, 0.3) is 22.3 Å². The summed E-state index contributed by atoms with van der Waals surface area (Å²) in [6, 6.07) is 8.04. The summed E-state index contributed by atoms with van der Waals surface area (Å²) < 4.78 is 1.89. The van der Waals surface area contributed by atoms with E-state index in [4.69, 9.17) is 0 Å². The van der Waals surface area contributed by atoms with Crippen LogP contribution < -0.4 is 5.32 Å². The molecule has 0 atom stereocenters. The SMILES string of the molecule is Cc1nnc(NC(=O)CSc2nnc(-c3c[nH]c4ccccc34)n2C)s1. The summed E-state index contributed by atoms with van der Waals surface area (Å²) in [5, 5.41) is 22.1. The highest BCUT2D eigenvalue weighted by atomic mass is 32.2. The normalized spacial score (nSPS) is 11.2. The molecular formula is C16H15N7OS2. The highest BCUT2D eigenvalue weighted by Crippen LogP contribution is 2.29. The number of amides is 1. The predicted molar refractivity (Wildman–Crippen MR) is 102 cm³/mol. The molecule has 26 heavy (non-hydrogen) atoms. The van der Waals surface area contributed by atoms with Gasteiger partial charge in [0.2, 0.25) is 11.0 Å². The molecule has 0 aliphatic rings. The average molecular weight is 385 g/mol. The Kier molecular flexibility index (Phi) is 4.43. The fourth-order valence-corrected chi connectivity index (χ4v) is 3.88. The third-order valence-electron chi connectivity index (χ3n) is 3.77. The first-order valence-electron chi connectivity index (χ1n) is 7.80. The monoisotopic (exact) mass is 385 g/mol. The number of hydrogen-bond donors (Lipinski definition) is 2. The molecule has 0 saturated carbocycles. The van der Waals surface area contributed by atoms with Crippen molar-refractivity contribution in [3.8, 4) is 11.4 Å². The van der Waals surface area contributed by atoms with E-state index in [-0.39, 0.29) is 11.7 Å². The molecule has 0 bridgehead atoms. The van der Waals surface area contributed by atoms with Crippen LogP contribution in [0, 0.1) is 6.92 Å². The van der Waals surface area contributed by atoms with Crippen LogP contribution in [0.2, 0.25) is 0 Å². The number of benzene rings is 1. The lowest BCUT2D eigenvalue weighted by Crippen LogP contribution is -2.14. The quantitative estimate of drug-likeness (QED) is 0.512. The summed E-state index contributed by atoms with van der Waals surface area (Å²) in [6.45, 7) is 1.84. The van der Waals surface area contributed by atoms with Crippen molar-refractivity contribution >= 4 is 45.0 Å². The molecule has 0 unspecified atom stereocenters. The number of hydrogen-bond acceptors (Lipinski definition) is 7. The number of anilines is 1. The molecule has 0 aliphatic carbocycles. The van der Waals surface area contributed by atoms with Crippen LogP contribution >= 0.6 is 23.1 Å². The van der Waals surface area contributed by atoms with E-state index in [1.165, 1.54) is 23.1 Å². The predicted octanol–water partition coefficient (Wildman–Crippen LogP) is 2.85. The van der Waals surface area contributed by atoms with Gasteiger partial charge in [0.1, 0.15) is 5.01 Å². The maximum absolute atomic E-state index is 12.1. The van der Waals surface area contributed by atoms with Gasteiger partial charge in [-0.25, -0.2) is 0 Å². The molecular weight excluding hydrogens is 370 g/mol. The maximum Gasteiger partial charge on any atom is 0.236 e. The van der Waals surface area contributed by atoms with Crippen LogP contribution in [0.5, 0.6) is 0 Å². The van der Waals surface area contributed by atoms with Crippen molar-refractivity contribution in [2.24, 2.45) is 7.05 Å². The molecule has 8 nitrogen and oxygen atoms in total. The largest absolute Gasteiger partial charge is 0.360 e. The molecule has 0 fully saturated rings. The summed E-state index contributed by atoms with van der Waals surface area (Å²) in [4.78, 5) is 15.3. The first kappa shape index (κ1) is 16.7. The van der Waals surface area contributed by atoms with E-state index in [9.17, 15) is 4.79 Å². The molecule has 0 radical (unpaired) electrons. The molecule has 0 aliphatic heterocycles. The number of para-hydroxylation sites is 1. The Morgan fingerprint density at radius 1 is 1.27 bits per heavy atom. The van der Waals surface area contributed by atoms with E-state index in [1.807, 2.05) is 49.0 Å². The first-order chi connectivity index (χ1) is 12.6. The topological polar surface area (TPSA) is 101 Å². The highest BCUT2D eigenvalue weighted by molar-refractivity contribution is 7.99. The van der Waals surface area contributed by atoms with Crippen LogP contribution in [0.3, 0.4) is 0 Å². The third kappa shape index (κ3) is 3.20. The number of aromatic nitrogens is 6. The third-order valence-corrected chi connectivity index (χ3v) is 5.54. The Labute approximate surface area is 157 Å². The van der Waals surface area contributed by atoms with E-state index >= 15 is 0 Å². The van der Waals surface area contributed by atoms with Crippen molar-refractivity contribution in [1.29, 1.82) is 0 Å². The van der Waals surface area contributed by atoms with E-state index in [0.717, 1.165) is 27.3 Å². The van der Waals surface area contributed by atoms with Crippen molar-refractivity contribution in [2.45, 2.75) is 12.1 Å². The van der Waals surface area contributed by atoms with Gasteiger partial charge in [-0.3, -0.25) is 10.1 Å². The minimum Gasteiger partial charge on any atom is -0.360 e. The number of thioether (sulfide) groups is 1. The number of carbonyl (C=O) groups is 1. The fourth-order valence-electron chi connectivity index (χ4n) is 2.56. The average Bonchev–Trinajstić information content (AvgIpc) is 3.32. The second kappa shape index (κ2) is 6.89. The molecule has 2 N–H and O–H groups in total. The smallest absolute Gasteiger partial charge is 0.236 e. The molecule has 3 heterocycles. The van der Waals surface area contributed by atoms with E-state index < -0.39 is 0 Å². The van der Waals surface area contributed by atoms with E-state index in [1.54, 1.807) is 0 Å². The van der Waals surface area contributed by atoms with Crippen LogP contribution in [0.15, 0.2) is 35.6 Å². The van der Waals surface area contributed by atoms with Gasteiger partial charge in [-0.1, -0.05) is 41.3 Å². The summed E-state index contributed by atoms with van der Waals surface area (Å²) in [7, 11) is 1.89. The zero-order chi connectivity index (χ0) is 18.1. The van der Waals surface area contributed by atoms with Gasteiger partial charge in [-0.2, -0.15) is 0 Å². The Balaban J connectivity index is 1.48. The summed E-state index contributed by atoms with van der Waals surface area (Å²) >= 11 is 2.67. The number of fused-ring (bicyclic) bond motifs is 1. The van der Waals surface area contributed by atoms with Gasteiger partial charge in [0.25, 0.3) is 0 Å². The fraction of sp³-hybridized carbons (Fsp3) is 0.188. The number of aryl methyl sites for hydroxylation is 1. The van der Waals surface area contributed by atoms with E-state index in [0.29, 0.717) is 10.3 Å². The lowest BCUT2D eigenvalue weighted by molar-refractivity contribution is -0.113. The number of nitrogens with zero attached hydrogens (tertiary/aromatic N) is 5. The minimum absolute atomic E-state index is 0.150. The molecule has 4 aromatic rings. The van der Waals surface area contributed by atoms with Crippen LogP contribution in [-0.4, -0.2) is 41.6 Å². The Morgan fingerprint density at radius 3 is 2.92 bits per heavy atom. The minimum atomic E-state index is -0.150. The Hall–Kier alpha value is -2.72. The van der Waals surface area contributed by atoms with Gasteiger partial charge in [0.05, 0.1) is 5.75 Å². The standard InChI is InChI=1S/C16H15N7OS2/c1-9-19-21-15(26-9)18-13(24)8-25-16-22-20-14(23(16)2)11-7-17-12-6-4-3-5-10(11)12/h3-7,17H,8H2,1-2H3,(H,18,21,24). The molecule has 0 spiro atoms. The summed E-state index contributed by atoms with van der Waals surface area (Å²) in [5.74, 6) is 0.825. The number of carbonyl (C=O) groups excluding carboxylic acids is 1. The van der Waals surface area contributed by atoms with Gasteiger partial charge in [0.15, 0.2) is 11.0 Å². The number of H-pyrrole nitrogens is 1. The summed E-state index contributed by atoms with van der Waals surface area (Å²) in [5.41, 5.74) is 2.03. The van der Waals surface area contributed by atoms with Crippen molar-refractivity contribution in [3.63, 3.8) is 0 Å². The molecule has 10 heteroatoms. The van der Waals surface area contributed by atoms with E-state index in [2.05, 4.69) is 30.7 Å². The first-order valence-corrected chi connectivity index (χ1v) is 9.60. The van der Waals surface area contributed by atoms with Crippen molar-refractivity contribution in [3.05, 3.63) is 35.5 Å². The zero-order valence-corrected chi connectivity index (χ0v) is 15.7. The second-order valence-electron chi connectivity index (χ2n) is 5.58. The highest BCUT2D eigenvalue weighted by Gasteiger charge is 2.16. The molecule has 1 amide bonds. The van der Waals surface area contributed by atoms with Crippen LogP contribution in [-0.2, 0) is 11.8 Å². The maximum atomic E-state index is 12.1. The molecule has 132 valence electrons. The van der Waals surface area contributed by atoms with Crippen molar-refractivity contribution in [1.82, 2.24) is 29.9 Å². The van der Waals surface area contributed by atoms with Crippen molar-refractivity contribution in [2.75, 3.05) is 11.1 Å². The second-order valence-corrected chi connectivity index (χ2v) is 7.70. The van der Waals surface area contributed by atoms with Crippen LogP contribution in [0.4, 0.5) is 5.13 Å². The van der Waals surface area contributed by atoms with Crippen molar-refractivity contribution < 1.29 is 4.79 Å². The molecule has 3 aromatic heterocycles. The number of nitrogens with one attached hydrogen (secondary N) is 2. The lowest BCUT2D eigenvalue weighted by Gasteiger charge is -2.03. The number of aromatic amines is 1. The van der Waals surface area contributed by atoms with Gasteiger partial charge < -0.3 is 9.55 Å². The summed E-state index contributed by atoms with van der Waals surface area (Å²) in [6.07, 6.45) is 1.92. The number of rotatable bonds is 5. The van der Waals surface area contributed by atoms with Gasteiger partial charge >= 0.3 is 0 Å². The Morgan fingerprint density at radius 2 is 2.12 bits per heavy atom. The van der Waals surface area contributed by atoms with Gasteiger partial charge in [-0.05, 0) is 13.0 Å². The van der Waals surface area contributed by atoms with Gasteiger partial charge in [-0.15, -0.1) is 20.4 Å². The zero-order valence-electron chi connectivity index (χ0n) is 14.1. The molecule has 0 saturated heterocycles. The van der Waals surface area contributed by atoms with Crippen LogP contribution in [0.1, 0.15) is 5.01 Å². The Bertz CT molecular complexity index is 1080.